The van der Waals surface area contributed by atoms with Gasteiger partial charge in [0.1, 0.15) is 11.6 Å². The molecule has 0 N–H and O–H groups in total. The van der Waals surface area contributed by atoms with E-state index in [2.05, 4.69) is 6.92 Å². The van der Waals surface area contributed by atoms with E-state index in [9.17, 15) is 8.78 Å². The van der Waals surface area contributed by atoms with Crippen LogP contribution >= 0.6 is 0 Å². The molecule has 0 aliphatic heterocycles. The van der Waals surface area contributed by atoms with Gasteiger partial charge in [0.2, 0.25) is 0 Å². The molecule has 3 aliphatic carbocycles. The van der Waals surface area contributed by atoms with Gasteiger partial charge < -0.3 is 0 Å². The van der Waals surface area contributed by atoms with E-state index in [4.69, 9.17) is 0 Å². The minimum Gasteiger partial charge on any atom is -0.206 e. The Morgan fingerprint density at radius 1 is 1.08 bits per heavy atom. The Morgan fingerprint density at radius 3 is 2.50 bits per heavy atom. The van der Waals surface area contributed by atoms with Crippen molar-refractivity contribution in [3.8, 4) is 0 Å². The molecule has 4 rings (SSSR count). The molecule has 1 aromatic carbocycles. The third-order valence-corrected chi connectivity index (χ3v) is 6.95. The molecule has 26 heavy (non-hydrogen) atoms. The summed E-state index contributed by atoms with van der Waals surface area (Å²) < 4.78 is 59.5. The summed E-state index contributed by atoms with van der Waals surface area (Å²) in [7, 11) is 0. The van der Waals surface area contributed by atoms with Gasteiger partial charge >= 0.3 is 0 Å². The van der Waals surface area contributed by atoms with Gasteiger partial charge in [0.15, 0.2) is 0 Å². The zero-order chi connectivity index (χ0) is 18.5. The van der Waals surface area contributed by atoms with Crippen LogP contribution in [-0.2, 0) is 6.42 Å². The topological polar surface area (TPSA) is 0 Å². The summed E-state index contributed by atoms with van der Waals surface area (Å²) in [6, 6.07) is 4.35. The maximum absolute atomic E-state index is 15.2. The van der Waals surface area contributed by atoms with Crippen LogP contribution in [0.4, 0.5) is 17.6 Å². The van der Waals surface area contributed by atoms with Crippen LogP contribution in [0, 0.1) is 29.5 Å². The van der Waals surface area contributed by atoms with Crippen LogP contribution in [0.1, 0.15) is 63.0 Å². The van der Waals surface area contributed by atoms with Crippen molar-refractivity contribution in [2.45, 2.75) is 64.2 Å². The van der Waals surface area contributed by atoms with Crippen molar-refractivity contribution in [3.63, 3.8) is 0 Å². The Labute approximate surface area is 152 Å². The molecule has 0 spiro atoms. The first-order valence-corrected chi connectivity index (χ1v) is 9.99. The van der Waals surface area contributed by atoms with Crippen molar-refractivity contribution >= 4 is 5.83 Å². The minimum absolute atomic E-state index is 0.0445. The first kappa shape index (κ1) is 18.1. The van der Waals surface area contributed by atoms with Gasteiger partial charge in [0.05, 0.1) is 0 Å². The second-order valence-corrected chi connectivity index (χ2v) is 8.44. The zero-order valence-electron chi connectivity index (χ0n) is 15.2. The molecule has 0 nitrogen and oxygen atoms in total. The maximum atomic E-state index is 15.2. The summed E-state index contributed by atoms with van der Waals surface area (Å²) in [4.78, 5) is 0. The highest BCUT2D eigenvalue weighted by molar-refractivity contribution is 5.71. The normalized spacial score (nSPS) is 33.1. The van der Waals surface area contributed by atoms with Crippen molar-refractivity contribution in [1.82, 2.24) is 0 Å². The number of hydrogen-bond acceptors (Lipinski definition) is 0. The number of halogens is 4. The molecule has 0 saturated heterocycles. The molecule has 142 valence electrons. The van der Waals surface area contributed by atoms with Crippen LogP contribution in [0.5, 0.6) is 0 Å². The Bertz CT molecular complexity index is 713. The molecule has 0 radical (unpaired) electrons. The predicted octanol–water partition coefficient (Wildman–Crippen LogP) is 6.94. The van der Waals surface area contributed by atoms with E-state index in [-0.39, 0.29) is 11.5 Å². The van der Waals surface area contributed by atoms with Crippen LogP contribution in [0.25, 0.3) is 5.83 Å². The second kappa shape index (κ2) is 6.69. The lowest BCUT2D eigenvalue weighted by atomic mass is 9.73. The van der Waals surface area contributed by atoms with Gasteiger partial charge in [-0.15, -0.1) is 0 Å². The molecule has 2 saturated carbocycles. The zero-order valence-corrected chi connectivity index (χ0v) is 15.2. The van der Waals surface area contributed by atoms with E-state index in [1.807, 2.05) is 0 Å². The minimum atomic E-state index is -3.16. The summed E-state index contributed by atoms with van der Waals surface area (Å²) >= 11 is 0. The van der Waals surface area contributed by atoms with Crippen molar-refractivity contribution in [2.75, 3.05) is 0 Å². The average Bonchev–Trinajstić information content (AvgIpc) is 2.87. The van der Waals surface area contributed by atoms with Gasteiger partial charge in [-0.1, -0.05) is 44.7 Å². The van der Waals surface area contributed by atoms with E-state index >= 15 is 8.78 Å². The quantitative estimate of drug-likeness (QED) is 0.508. The molecule has 4 heteroatoms. The summed E-state index contributed by atoms with van der Waals surface area (Å²) in [6.45, 7) is 2.16. The lowest BCUT2D eigenvalue weighted by Crippen LogP contribution is -2.33. The summed E-state index contributed by atoms with van der Waals surface area (Å²) in [5, 5.41) is 0. The molecular weight excluding hydrogens is 340 g/mol. The highest BCUT2D eigenvalue weighted by atomic mass is 19.3. The maximum Gasteiger partial charge on any atom is 0.275 e. The highest BCUT2D eigenvalue weighted by Gasteiger charge is 2.58. The Morgan fingerprint density at radius 2 is 1.81 bits per heavy atom. The molecule has 0 aromatic heterocycles. The largest absolute Gasteiger partial charge is 0.275 e. The Kier molecular flexibility index (Phi) is 4.65. The second-order valence-electron chi connectivity index (χ2n) is 8.44. The van der Waals surface area contributed by atoms with Crippen LogP contribution < -0.4 is 0 Å². The van der Waals surface area contributed by atoms with Crippen LogP contribution in [-0.4, -0.2) is 5.92 Å². The lowest BCUT2D eigenvalue weighted by molar-refractivity contribution is -0.0369. The highest BCUT2D eigenvalue weighted by Crippen LogP contribution is 2.59. The van der Waals surface area contributed by atoms with Gasteiger partial charge in [0.25, 0.3) is 5.92 Å². The standard InChI is InChI=1S/C22H26F4/c1-2-4-13-7-9-14(10-8-13)17-12-16-11-15-5-3-6-18(23)19(15)21(24)20(16)22(17,25)26/h3,5-6,13-14,16-17H,2,4,7-12H2,1H3. The number of hydrogen-bond donors (Lipinski definition) is 0. The smallest absolute Gasteiger partial charge is 0.206 e. The molecule has 2 unspecified atom stereocenters. The molecule has 2 atom stereocenters. The molecule has 0 heterocycles. The SMILES string of the molecule is CCCC1CCC(C2CC3Cc4cccc(F)c4C(F)=C3C2(F)F)CC1. The van der Waals surface area contributed by atoms with Crippen LogP contribution in [0.3, 0.4) is 0 Å². The Balaban J connectivity index is 1.61. The summed E-state index contributed by atoms with van der Waals surface area (Å²) in [5.74, 6) is -5.56. The van der Waals surface area contributed by atoms with Gasteiger partial charge in [-0.05, 0) is 55.1 Å². The predicted molar refractivity (Wildman–Crippen MR) is 95.0 cm³/mol. The van der Waals surface area contributed by atoms with Gasteiger partial charge in [-0.3, -0.25) is 0 Å². The third kappa shape index (κ3) is 2.80. The van der Waals surface area contributed by atoms with E-state index < -0.39 is 35.0 Å². The Hall–Kier alpha value is -1.32. The van der Waals surface area contributed by atoms with Crippen molar-refractivity contribution in [2.24, 2.45) is 23.7 Å². The van der Waals surface area contributed by atoms with Crippen molar-refractivity contribution in [1.29, 1.82) is 0 Å². The molecular formula is C22H26F4. The van der Waals surface area contributed by atoms with Gasteiger partial charge in [-0.2, -0.15) is 0 Å². The van der Waals surface area contributed by atoms with Crippen molar-refractivity contribution in [3.05, 3.63) is 40.7 Å². The molecule has 0 amide bonds. The number of alkyl halides is 2. The van der Waals surface area contributed by atoms with Gasteiger partial charge in [-0.25, -0.2) is 17.6 Å². The molecule has 0 bridgehead atoms. The monoisotopic (exact) mass is 366 g/mol. The molecule has 2 fully saturated rings. The van der Waals surface area contributed by atoms with E-state index in [1.54, 1.807) is 6.07 Å². The molecule has 3 aliphatic rings. The first-order valence-electron chi connectivity index (χ1n) is 9.99. The fraction of sp³-hybridized carbons (Fsp3) is 0.636. The van der Waals surface area contributed by atoms with E-state index in [0.717, 1.165) is 38.2 Å². The number of fused-ring (bicyclic) bond motifs is 2. The van der Waals surface area contributed by atoms with Crippen molar-refractivity contribution < 1.29 is 17.6 Å². The average molecular weight is 366 g/mol. The number of allylic oxidation sites excluding steroid dienone is 1. The van der Waals surface area contributed by atoms with E-state index in [0.29, 0.717) is 24.3 Å². The number of rotatable bonds is 3. The lowest BCUT2D eigenvalue weighted by Gasteiger charge is -2.34. The van der Waals surface area contributed by atoms with Crippen LogP contribution in [0.15, 0.2) is 23.8 Å². The fourth-order valence-electron chi connectivity index (χ4n) is 5.72. The summed E-state index contributed by atoms with van der Waals surface area (Å²) in [6.07, 6.45) is 6.60. The summed E-state index contributed by atoms with van der Waals surface area (Å²) in [5.41, 5.74) is -0.124. The van der Waals surface area contributed by atoms with E-state index in [1.165, 1.54) is 12.5 Å². The van der Waals surface area contributed by atoms with Gasteiger partial charge in [0, 0.05) is 17.1 Å². The third-order valence-electron chi connectivity index (χ3n) is 6.95. The fourth-order valence-corrected chi connectivity index (χ4v) is 5.72. The molecule has 1 aromatic rings. The number of benzene rings is 1. The first-order chi connectivity index (χ1) is 12.4. The van der Waals surface area contributed by atoms with Crippen LogP contribution in [0.2, 0.25) is 0 Å².